The van der Waals surface area contributed by atoms with Gasteiger partial charge < -0.3 is 4.57 Å². The summed E-state index contributed by atoms with van der Waals surface area (Å²) < 4.78 is 1.87. The molecule has 2 heterocycles. The van der Waals surface area contributed by atoms with Gasteiger partial charge in [-0.15, -0.1) is 0 Å². The van der Waals surface area contributed by atoms with E-state index in [0.717, 1.165) is 56.1 Å². The van der Waals surface area contributed by atoms with Gasteiger partial charge in [-0.1, -0.05) is 48.6 Å². The Morgan fingerprint density at radius 2 is 1.77 bits per heavy atom. The number of nitro groups is 1. The van der Waals surface area contributed by atoms with E-state index >= 15 is 0 Å². The minimum atomic E-state index is -0.383. The Kier molecular flexibility index (Phi) is 6.54. The van der Waals surface area contributed by atoms with Crippen LogP contribution in [0.4, 0.5) is 5.69 Å². The lowest BCUT2D eigenvalue weighted by atomic mass is 10.2. The van der Waals surface area contributed by atoms with Crippen LogP contribution in [-0.2, 0) is 13.6 Å². The summed E-state index contributed by atoms with van der Waals surface area (Å²) in [5, 5.41) is 11.0. The van der Waals surface area contributed by atoms with Gasteiger partial charge in [0.2, 0.25) is 0 Å². The van der Waals surface area contributed by atoms with Gasteiger partial charge in [0.05, 0.1) is 16.0 Å². The third-order valence-corrected chi connectivity index (χ3v) is 5.68. The largest absolute Gasteiger partial charge is 0.327 e. The molecule has 1 aliphatic heterocycles. The molecule has 0 bridgehead atoms. The van der Waals surface area contributed by atoms with Crippen molar-refractivity contribution in [3.8, 4) is 0 Å². The van der Waals surface area contributed by atoms with E-state index in [1.54, 1.807) is 12.1 Å². The van der Waals surface area contributed by atoms with Crippen molar-refractivity contribution in [1.82, 2.24) is 19.4 Å². The van der Waals surface area contributed by atoms with Crippen LogP contribution in [0.15, 0.2) is 66.8 Å². The van der Waals surface area contributed by atoms with Crippen LogP contribution >= 0.6 is 0 Å². The molecule has 1 saturated heterocycles. The van der Waals surface area contributed by atoms with Gasteiger partial charge in [-0.05, 0) is 17.7 Å². The summed E-state index contributed by atoms with van der Waals surface area (Å²) in [4.78, 5) is 20.1. The highest BCUT2D eigenvalue weighted by atomic mass is 16.6. The predicted molar refractivity (Wildman–Crippen MR) is 124 cm³/mol. The predicted octanol–water partition coefficient (Wildman–Crippen LogP) is 3.87. The second-order valence-electron chi connectivity index (χ2n) is 7.81. The quantitative estimate of drug-likeness (QED) is 0.332. The molecule has 7 nitrogen and oxygen atoms in total. The number of imidazole rings is 1. The molecule has 3 aromatic rings. The van der Waals surface area contributed by atoms with E-state index in [2.05, 4.69) is 51.2 Å². The molecule has 4 rings (SSSR count). The number of aromatic nitrogens is 2. The first kappa shape index (κ1) is 21.0. The standard InChI is InChI=1S/C24H27N5O2/c1-26-23-18-21(29(30)31)11-12-22(23)25-24(26)10-6-3-7-13-27-14-16-28(17-15-27)19-20-8-4-2-5-9-20/h2-12,18H,13-17,19H2,1H3/b7-3+,10-6+. The van der Waals surface area contributed by atoms with Crippen LogP contribution in [0.2, 0.25) is 0 Å². The number of nitro benzene ring substituents is 1. The van der Waals surface area contributed by atoms with Gasteiger partial charge in [0.1, 0.15) is 5.82 Å². The third kappa shape index (κ3) is 5.25. The van der Waals surface area contributed by atoms with Crippen LogP contribution in [0.25, 0.3) is 17.1 Å². The molecule has 2 aromatic carbocycles. The smallest absolute Gasteiger partial charge is 0.271 e. The summed E-state index contributed by atoms with van der Waals surface area (Å²) in [5.74, 6) is 0.773. The number of benzene rings is 2. The zero-order valence-corrected chi connectivity index (χ0v) is 17.7. The lowest BCUT2D eigenvalue weighted by Gasteiger charge is -2.34. The Hall–Kier alpha value is -3.29. The Morgan fingerprint density at radius 3 is 2.52 bits per heavy atom. The van der Waals surface area contributed by atoms with Crippen molar-refractivity contribution in [1.29, 1.82) is 0 Å². The van der Waals surface area contributed by atoms with Gasteiger partial charge in [0, 0.05) is 58.4 Å². The Morgan fingerprint density at radius 1 is 1.03 bits per heavy atom. The molecule has 0 atom stereocenters. The van der Waals surface area contributed by atoms with E-state index < -0.39 is 0 Å². The second-order valence-corrected chi connectivity index (χ2v) is 7.81. The van der Waals surface area contributed by atoms with E-state index in [1.807, 2.05) is 29.8 Å². The molecule has 0 radical (unpaired) electrons. The zero-order chi connectivity index (χ0) is 21.6. The Balaban J connectivity index is 1.27. The Labute approximate surface area is 182 Å². The van der Waals surface area contributed by atoms with Crippen LogP contribution in [-0.4, -0.2) is 57.0 Å². The average Bonchev–Trinajstić information content (AvgIpc) is 3.10. The summed E-state index contributed by atoms with van der Waals surface area (Å²) in [6.45, 7) is 6.27. The molecule has 0 aliphatic carbocycles. The average molecular weight is 418 g/mol. The van der Waals surface area contributed by atoms with Crippen molar-refractivity contribution in [2.45, 2.75) is 6.54 Å². The van der Waals surface area contributed by atoms with Gasteiger partial charge in [-0.25, -0.2) is 4.98 Å². The fraction of sp³-hybridized carbons (Fsp3) is 0.292. The number of allylic oxidation sites excluding steroid dienone is 2. The summed E-state index contributed by atoms with van der Waals surface area (Å²) in [7, 11) is 1.87. The summed E-state index contributed by atoms with van der Waals surface area (Å²) in [6, 6.07) is 15.4. The molecule has 0 spiro atoms. The van der Waals surface area contributed by atoms with E-state index in [4.69, 9.17) is 0 Å². The number of fused-ring (bicyclic) bond motifs is 1. The van der Waals surface area contributed by atoms with Gasteiger partial charge >= 0.3 is 0 Å². The maximum absolute atomic E-state index is 11.0. The molecule has 160 valence electrons. The van der Waals surface area contributed by atoms with Crippen LogP contribution in [0, 0.1) is 10.1 Å². The number of hydrogen-bond acceptors (Lipinski definition) is 5. The fourth-order valence-electron chi connectivity index (χ4n) is 3.86. The summed E-state index contributed by atoms with van der Waals surface area (Å²) in [5.41, 5.74) is 2.96. The number of nitrogens with zero attached hydrogens (tertiary/aromatic N) is 5. The van der Waals surface area contributed by atoms with E-state index in [1.165, 1.54) is 11.6 Å². The molecular weight excluding hydrogens is 390 g/mol. The van der Waals surface area contributed by atoms with Crippen molar-refractivity contribution in [2.75, 3.05) is 32.7 Å². The first-order valence-electron chi connectivity index (χ1n) is 10.5. The van der Waals surface area contributed by atoms with Crippen molar-refractivity contribution in [3.63, 3.8) is 0 Å². The molecule has 0 amide bonds. The monoisotopic (exact) mass is 417 g/mol. The number of hydrogen-bond donors (Lipinski definition) is 0. The molecule has 0 unspecified atom stereocenters. The van der Waals surface area contributed by atoms with Crippen LogP contribution < -0.4 is 0 Å². The van der Waals surface area contributed by atoms with Gasteiger partial charge in [-0.3, -0.25) is 19.9 Å². The lowest BCUT2D eigenvalue weighted by Crippen LogP contribution is -2.45. The summed E-state index contributed by atoms with van der Waals surface area (Å²) in [6.07, 6.45) is 8.11. The minimum Gasteiger partial charge on any atom is -0.327 e. The number of aryl methyl sites for hydroxylation is 1. The van der Waals surface area contributed by atoms with E-state index in [-0.39, 0.29) is 10.6 Å². The highest BCUT2D eigenvalue weighted by Crippen LogP contribution is 2.21. The van der Waals surface area contributed by atoms with Crippen LogP contribution in [0.5, 0.6) is 0 Å². The van der Waals surface area contributed by atoms with Crippen molar-refractivity contribution in [2.24, 2.45) is 7.05 Å². The fourth-order valence-corrected chi connectivity index (χ4v) is 3.86. The topological polar surface area (TPSA) is 67.4 Å². The number of piperazine rings is 1. The summed E-state index contributed by atoms with van der Waals surface area (Å²) >= 11 is 0. The van der Waals surface area contributed by atoms with Gasteiger partial charge in [0.25, 0.3) is 5.69 Å². The second kappa shape index (κ2) is 9.68. The molecule has 0 N–H and O–H groups in total. The van der Waals surface area contributed by atoms with E-state index in [0.29, 0.717) is 0 Å². The minimum absolute atomic E-state index is 0.0785. The van der Waals surface area contributed by atoms with Crippen LogP contribution in [0.1, 0.15) is 11.4 Å². The molecular formula is C24H27N5O2. The zero-order valence-electron chi connectivity index (χ0n) is 17.7. The van der Waals surface area contributed by atoms with E-state index in [9.17, 15) is 10.1 Å². The molecule has 1 aromatic heterocycles. The van der Waals surface area contributed by atoms with Gasteiger partial charge in [-0.2, -0.15) is 0 Å². The lowest BCUT2D eigenvalue weighted by molar-refractivity contribution is -0.384. The maximum atomic E-state index is 11.0. The highest BCUT2D eigenvalue weighted by molar-refractivity contribution is 5.80. The van der Waals surface area contributed by atoms with Crippen molar-refractivity contribution >= 4 is 22.8 Å². The SMILES string of the molecule is Cn1c(/C=C/C=C/CN2CCN(Cc3ccccc3)CC2)nc2ccc([N+](=O)[O-])cc21. The first-order valence-corrected chi connectivity index (χ1v) is 10.5. The molecule has 0 saturated carbocycles. The highest BCUT2D eigenvalue weighted by Gasteiger charge is 2.15. The Bertz CT molecular complexity index is 1100. The third-order valence-electron chi connectivity index (χ3n) is 5.68. The normalized spacial score (nSPS) is 16.0. The van der Waals surface area contributed by atoms with Gasteiger partial charge in [0.15, 0.2) is 0 Å². The number of non-ortho nitro benzene ring substituents is 1. The van der Waals surface area contributed by atoms with Crippen molar-refractivity contribution in [3.05, 3.63) is 88.3 Å². The number of rotatable bonds is 7. The van der Waals surface area contributed by atoms with Crippen LogP contribution in [0.3, 0.4) is 0 Å². The first-order chi connectivity index (χ1) is 15.1. The molecule has 1 aliphatic rings. The molecule has 7 heteroatoms. The molecule has 1 fully saturated rings. The molecule has 31 heavy (non-hydrogen) atoms. The maximum Gasteiger partial charge on any atom is 0.271 e. The van der Waals surface area contributed by atoms with Crippen molar-refractivity contribution < 1.29 is 4.92 Å².